The Kier molecular flexibility index (Phi) is 4.15. The van der Waals surface area contributed by atoms with Crippen LogP contribution < -0.4 is 10.6 Å². The average molecular weight is 304 g/mol. The molecule has 0 radical (unpaired) electrons. The monoisotopic (exact) mass is 304 g/mol. The third kappa shape index (κ3) is 3.58. The van der Waals surface area contributed by atoms with Crippen molar-refractivity contribution in [3.63, 3.8) is 0 Å². The summed E-state index contributed by atoms with van der Waals surface area (Å²) in [6.45, 7) is 0.522. The van der Waals surface area contributed by atoms with Gasteiger partial charge in [0, 0.05) is 17.2 Å². The van der Waals surface area contributed by atoms with Gasteiger partial charge in [-0.2, -0.15) is 0 Å². The van der Waals surface area contributed by atoms with Crippen molar-refractivity contribution < 1.29 is 14.3 Å². The molecule has 0 aromatic heterocycles. The molecule has 2 amide bonds. The van der Waals surface area contributed by atoms with E-state index in [0.29, 0.717) is 23.6 Å². The molecule has 0 bridgehead atoms. The maximum absolute atomic E-state index is 12.2. The largest absolute Gasteiger partial charge is 0.487 e. The van der Waals surface area contributed by atoms with Gasteiger partial charge in [0.25, 0.3) is 11.8 Å². The summed E-state index contributed by atoms with van der Waals surface area (Å²) in [5, 5.41) is 7.37. The van der Waals surface area contributed by atoms with Crippen molar-refractivity contribution in [2.24, 2.45) is 0 Å². The molecule has 1 fully saturated rings. The van der Waals surface area contributed by atoms with Gasteiger partial charge in [0.15, 0.2) is 5.76 Å². The summed E-state index contributed by atoms with van der Waals surface area (Å²) in [5.41, 5.74) is 0.975. The van der Waals surface area contributed by atoms with E-state index in [0.717, 1.165) is 18.6 Å². The highest BCUT2D eigenvalue weighted by molar-refractivity contribution is 8.02. The average Bonchev–Trinajstić information content (AvgIpc) is 3.32. The van der Waals surface area contributed by atoms with Gasteiger partial charge in [0.2, 0.25) is 0 Å². The van der Waals surface area contributed by atoms with Gasteiger partial charge in [0.1, 0.15) is 0 Å². The number of rotatable bonds is 4. The van der Waals surface area contributed by atoms with Crippen LogP contribution >= 0.6 is 11.8 Å². The van der Waals surface area contributed by atoms with Gasteiger partial charge in [-0.3, -0.25) is 9.59 Å². The summed E-state index contributed by atoms with van der Waals surface area (Å²) in [6.07, 6.45) is 2.05. The Morgan fingerprint density at radius 3 is 2.71 bits per heavy atom. The molecule has 3 rings (SSSR count). The van der Waals surface area contributed by atoms with Crippen LogP contribution in [0.1, 0.15) is 23.2 Å². The topological polar surface area (TPSA) is 67.4 Å². The van der Waals surface area contributed by atoms with Crippen LogP contribution in [0.3, 0.4) is 0 Å². The molecule has 5 nitrogen and oxygen atoms in total. The number of anilines is 1. The number of amides is 2. The van der Waals surface area contributed by atoms with Crippen molar-refractivity contribution in [1.29, 1.82) is 0 Å². The first-order chi connectivity index (χ1) is 10.2. The lowest BCUT2D eigenvalue weighted by Gasteiger charge is -2.15. The van der Waals surface area contributed by atoms with E-state index in [9.17, 15) is 9.59 Å². The number of hydrogen-bond acceptors (Lipinski definition) is 4. The fourth-order valence-electron chi connectivity index (χ4n) is 1.95. The second kappa shape index (κ2) is 6.22. The fourth-order valence-corrected chi connectivity index (χ4v) is 2.58. The number of carbonyl (C=O) groups is 2. The minimum atomic E-state index is -0.325. The zero-order valence-corrected chi connectivity index (χ0v) is 12.2. The van der Waals surface area contributed by atoms with E-state index < -0.39 is 0 Å². The molecule has 2 N–H and O–H groups in total. The number of nitrogens with one attached hydrogen (secondary N) is 2. The second-order valence-electron chi connectivity index (χ2n) is 4.95. The molecule has 6 heteroatoms. The number of ether oxygens (including phenoxy) is 1. The SMILES string of the molecule is O=C(Nc1ccccc1C(=O)NC1CC1)C1=CSCCO1. The predicted molar refractivity (Wildman–Crippen MR) is 82.1 cm³/mol. The minimum absolute atomic E-state index is 0.152. The van der Waals surface area contributed by atoms with E-state index in [2.05, 4.69) is 10.6 Å². The van der Waals surface area contributed by atoms with Crippen LogP contribution in [-0.4, -0.2) is 30.2 Å². The second-order valence-corrected chi connectivity index (χ2v) is 5.93. The summed E-state index contributed by atoms with van der Waals surface area (Å²) in [6, 6.07) is 7.27. The van der Waals surface area contributed by atoms with E-state index in [-0.39, 0.29) is 17.9 Å². The van der Waals surface area contributed by atoms with Crippen LogP contribution in [0.15, 0.2) is 35.4 Å². The Bertz CT molecular complexity index is 596. The molecule has 2 aliphatic rings. The van der Waals surface area contributed by atoms with Crippen LogP contribution in [0.4, 0.5) is 5.69 Å². The third-order valence-corrected chi connectivity index (χ3v) is 3.99. The standard InChI is InChI=1S/C15H16N2O3S/c18-14(16-10-5-6-10)11-3-1-2-4-12(11)17-15(19)13-9-21-8-7-20-13/h1-4,9-10H,5-8H2,(H,16,18)(H,17,19). The van der Waals surface area contributed by atoms with Crippen LogP contribution in [0, 0.1) is 0 Å². The molecular weight excluding hydrogens is 288 g/mol. The first-order valence-electron chi connectivity index (χ1n) is 6.90. The Labute approximate surface area is 127 Å². The van der Waals surface area contributed by atoms with Crippen molar-refractivity contribution in [2.75, 3.05) is 17.7 Å². The molecule has 1 aliphatic heterocycles. The van der Waals surface area contributed by atoms with Gasteiger partial charge in [-0.1, -0.05) is 12.1 Å². The van der Waals surface area contributed by atoms with Gasteiger partial charge >= 0.3 is 0 Å². The summed E-state index contributed by atoms with van der Waals surface area (Å²) in [4.78, 5) is 24.3. The van der Waals surface area contributed by atoms with Crippen molar-refractivity contribution in [2.45, 2.75) is 18.9 Å². The Balaban J connectivity index is 1.73. The lowest BCUT2D eigenvalue weighted by molar-refractivity contribution is -0.116. The number of benzene rings is 1. The van der Waals surface area contributed by atoms with Crippen LogP contribution in [-0.2, 0) is 9.53 Å². The van der Waals surface area contributed by atoms with Crippen LogP contribution in [0.2, 0.25) is 0 Å². The predicted octanol–water partition coefficient (Wildman–Crippen LogP) is 2.12. The number of thioether (sulfide) groups is 1. The molecule has 0 unspecified atom stereocenters. The Morgan fingerprint density at radius 1 is 1.19 bits per heavy atom. The molecule has 21 heavy (non-hydrogen) atoms. The van der Waals surface area contributed by atoms with Gasteiger partial charge < -0.3 is 15.4 Å². The molecule has 110 valence electrons. The smallest absolute Gasteiger partial charge is 0.291 e. The highest BCUT2D eigenvalue weighted by atomic mass is 32.2. The van der Waals surface area contributed by atoms with E-state index in [4.69, 9.17) is 4.74 Å². The highest BCUT2D eigenvalue weighted by Gasteiger charge is 2.25. The molecule has 1 aromatic carbocycles. The third-order valence-electron chi connectivity index (χ3n) is 3.21. The molecule has 0 spiro atoms. The Morgan fingerprint density at radius 2 is 2.00 bits per heavy atom. The molecule has 1 saturated carbocycles. The number of carbonyl (C=O) groups excluding carboxylic acids is 2. The van der Waals surface area contributed by atoms with Crippen molar-refractivity contribution >= 4 is 29.3 Å². The molecule has 1 aliphatic carbocycles. The highest BCUT2D eigenvalue weighted by Crippen LogP contribution is 2.22. The summed E-state index contributed by atoms with van der Waals surface area (Å²) < 4.78 is 5.31. The molecule has 1 heterocycles. The first kappa shape index (κ1) is 14.0. The molecule has 0 atom stereocenters. The zero-order chi connectivity index (χ0) is 14.7. The van der Waals surface area contributed by atoms with Gasteiger partial charge in [-0.05, 0) is 25.0 Å². The van der Waals surface area contributed by atoms with Gasteiger partial charge in [-0.15, -0.1) is 11.8 Å². The maximum Gasteiger partial charge on any atom is 0.291 e. The zero-order valence-electron chi connectivity index (χ0n) is 11.4. The fraction of sp³-hybridized carbons (Fsp3) is 0.333. The van der Waals surface area contributed by atoms with E-state index in [1.165, 1.54) is 0 Å². The van der Waals surface area contributed by atoms with Gasteiger partial charge in [-0.25, -0.2) is 0 Å². The normalized spacial score (nSPS) is 17.4. The first-order valence-corrected chi connectivity index (χ1v) is 7.95. The summed E-state index contributed by atoms with van der Waals surface area (Å²) in [5.74, 6) is 0.663. The van der Waals surface area contributed by atoms with Crippen molar-refractivity contribution in [3.05, 3.63) is 41.0 Å². The van der Waals surface area contributed by atoms with Crippen LogP contribution in [0.25, 0.3) is 0 Å². The lowest BCUT2D eigenvalue weighted by Crippen LogP contribution is -2.27. The minimum Gasteiger partial charge on any atom is -0.487 e. The molecule has 1 aromatic rings. The summed E-state index contributed by atoms with van der Waals surface area (Å²) in [7, 11) is 0. The maximum atomic E-state index is 12.2. The van der Waals surface area contributed by atoms with E-state index in [1.54, 1.807) is 41.4 Å². The number of para-hydroxylation sites is 1. The van der Waals surface area contributed by atoms with Crippen molar-refractivity contribution in [3.8, 4) is 0 Å². The summed E-state index contributed by atoms with van der Waals surface area (Å²) >= 11 is 1.54. The van der Waals surface area contributed by atoms with Crippen molar-refractivity contribution in [1.82, 2.24) is 5.32 Å². The van der Waals surface area contributed by atoms with Crippen LogP contribution in [0.5, 0.6) is 0 Å². The number of hydrogen-bond donors (Lipinski definition) is 2. The van der Waals surface area contributed by atoms with E-state index in [1.807, 2.05) is 0 Å². The lowest BCUT2D eigenvalue weighted by atomic mass is 10.1. The molecular formula is C15H16N2O3S. The van der Waals surface area contributed by atoms with E-state index >= 15 is 0 Å². The quantitative estimate of drug-likeness (QED) is 0.894. The molecule has 0 saturated heterocycles. The Hall–Kier alpha value is -1.95. The van der Waals surface area contributed by atoms with Gasteiger partial charge in [0.05, 0.1) is 17.9 Å².